The van der Waals surface area contributed by atoms with Crippen LogP contribution in [0.5, 0.6) is 5.75 Å². The van der Waals surface area contributed by atoms with E-state index in [9.17, 15) is 4.79 Å². The number of ether oxygens (including phenoxy) is 1. The molecule has 0 atom stereocenters. The molecule has 2 rings (SSSR count). The zero-order chi connectivity index (χ0) is 13.1. The summed E-state index contributed by atoms with van der Waals surface area (Å²) in [6, 6.07) is 6.68. The molecular weight excluding hydrogens is 384 g/mol. The average Bonchev–Trinajstić information content (AvgIpc) is 2.74. The molecule has 0 bridgehead atoms. The number of carboxylic acid groups (broad SMARTS) is 1. The summed E-state index contributed by atoms with van der Waals surface area (Å²) in [4.78, 5) is 11.9. The van der Waals surface area contributed by atoms with Crippen LogP contribution in [-0.2, 0) is 6.61 Å². The van der Waals surface area contributed by atoms with Gasteiger partial charge >= 0.3 is 5.97 Å². The minimum absolute atomic E-state index is 0.209. The molecule has 94 valence electrons. The number of rotatable bonds is 4. The molecule has 1 N–H and O–H groups in total. The maximum Gasteiger partial charge on any atom is 0.335 e. The molecule has 0 aliphatic rings. The van der Waals surface area contributed by atoms with Gasteiger partial charge in [0, 0.05) is 14.7 Å². The van der Waals surface area contributed by atoms with Gasteiger partial charge in [0.1, 0.15) is 12.4 Å². The van der Waals surface area contributed by atoms with Crippen molar-refractivity contribution in [2.24, 2.45) is 0 Å². The van der Waals surface area contributed by atoms with Crippen molar-refractivity contribution >= 4 is 49.2 Å². The third-order valence-corrected chi connectivity index (χ3v) is 4.50. The minimum atomic E-state index is -0.966. The third kappa shape index (κ3) is 3.34. The van der Waals surface area contributed by atoms with Crippen LogP contribution < -0.4 is 4.74 Å². The van der Waals surface area contributed by atoms with Crippen molar-refractivity contribution in [3.8, 4) is 5.75 Å². The summed E-state index contributed by atoms with van der Waals surface area (Å²) in [5.41, 5.74) is 0.209. The van der Waals surface area contributed by atoms with Crippen LogP contribution in [0.25, 0.3) is 0 Å². The summed E-state index contributed by atoms with van der Waals surface area (Å²) in [5.74, 6) is -0.439. The van der Waals surface area contributed by atoms with Crippen LogP contribution in [0.4, 0.5) is 0 Å². The van der Waals surface area contributed by atoms with Crippen molar-refractivity contribution in [1.82, 2.24) is 0 Å². The smallest absolute Gasteiger partial charge is 0.335 e. The fourth-order valence-corrected chi connectivity index (χ4v) is 3.05. The van der Waals surface area contributed by atoms with Gasteiger partial charge in [0.15, 0.2) is 0 Å². The van der Waals surface area contributed by atoms with Crippen LogP contribution in [-0.4, -0.2) is 11.1 Å². The SMILES string of the molecule is O=C(O)c1ccc(Br)c(OCc2cc(Br)cs2)c1. The predicted octanol–water partition coefficient (Wildman–Crippen LogP) is 4.55. The molecule has 1 aromatic heterocycles. The molecule has 0 unspecified atom stereocenters. The summed E-state index contributed by atoms with van der Waals surface area (Å²) in [6.45, 7) is 0.415. The van der Waals surface area contributed by atoms with Gasteiger partial charge in [0.25, 0.3) is 0 Å². The molecule has 0 spiro atoms. The first-order valence-corrected chi connectivity index (χ1v) is 7.41. The Kier molecular flexibility index (Phi) is 4.42. The lowest BCUT2D eigenvalue weighted by Gasteiger charge is -2.07. The zero-order valence-corrected chi connectivity index (χ0v) is 13.0. The minimum Gasteiger partial charge on any atom is -0.487 e. The van der Waals surface area contributed by atoms with Gasteiger partial charge in [-0.3, -0.25) is 0 Å². The van der Waals surface area contributed by atoms with Crippen LogP contribution in [0, 0.1) is 0 Å². The maximum atomic E-state index is 10.9. The second-order valence-electron chi connectivity index (χ2n) is 3.47. The standard InChI is InChI=1S/C12H8Br2O3S/c13-8-4-9(18-6-8)5-17-11-3-7(12(15)16)1-2-10(11)14/h1-4,6H,5H2,(H,15,16). The van der Waals surface area contributed by atoms with Crippen molar-refractivity contribution < 1.29 is 14.6 Å². The number of hydrogen-bond acceptors (Lipinski definition) is 3. The van der Waals surface area contributed by atoms with Crippen LogP contribution in [0.1, 0.15) is 15.2 Å². The molecule has 3 nitrogen and oxygen atoms in total. The van der Waals surface area contributed by atoms with Crippen LogP contribution in [0.3, 0.4) is 0 Å². The number of benzene rings is 1. The van der Waals surface area contributed by atoms with Crippen LogP contribution in [0.15, 0.2) is 38.6 Å². The van der Waals surface area contributed by atoms with Gasteiger partial charge in [0.2, 0.25) is 0 Å². The molecule has 0 saturated heterocycles. The molecule has 1 aromatic carbocycles. The van der Waals surface area contributed by atoms with Crippen molar-refractivity contribution in [2.75, 3.05) is 0 Å². The van der Waals surface area contributed by atoms with E-state index in [1.54, 1.807) is 17.4 Å². The van der Waals surface area contributed by atoms with E-state index in [1.165, 1.54) is 12.1 Å². The lowest BCUT2D eigenvalue weighted by atomic mass is 10.2. The number of aromatic carboxylic acids is 1. The first-order valence-electron chi connectivity index (χ1n) is 4.95. The molecule has 0 aliphatic heterocycles. The Hall–Kier alpha value is -0.850. The van der Waals surface area contributed by atoms with Gasteiger partial charge in [-0.15, -0.1) is 11.3 Å². The Morgan fingerprint density at radius 1 is 1.33 bits per heavy atom. The topological polar surface area (TPSA) is 46.5 Å². The number of thiophene rings is 1. The van der Waals surface area contributed by atoms with Gasteiger partial charge in [-0.1, -0.05) is 0 Å². The Bertz CT molecular complexity index is 580. The van der Waals surface area contributed by atoms with Gasteiger partial charge in [-0.2, -0.15) is 0 Å². The summed E-state index contributed by atoms with van der Waals surface area (Å²) >= 11 is 8.29. The lowest BCUT2D eigenvalue weighted by Crippen LogP contribution is -1.99. The molecule has 0 fully saturated rings. The first kappa shape index (κ1) is 13.6. The fraction of sp³-hybridized carbons (Fsp3) is 0.0833. The second kappa shape index (κ2) is 5.86. The molecular formula is C12H8Br2O3S. The highest BCUT2D eigenvalue weighted by Crippen LogP contribution is 2.28. The van der Waals surface area contributed by atoms with Crippen molar-refractivity contribution in [1.29, 1.82) is 0 Å². The summed E-state index contributed by atoms with van der Waals surface area (Å²) < 4.78 is 7.36. The molecule has 1 heterocycles. The van der Waals surface area contributed by atoms with Crippen LogP contribution >= 0.6 is 43.2 Å². The molecule has 0 radical (unpaired) electrons. The fourth-order valence-electron chi connectivity index (χ4n) is 1.33. The normalized spacial score (nSPS) is 10.3. The molecule has 0 saturated carbocycles. The van der Waals surface area contributed by atoms with E-state index in [4.69, 9.17) is 9.84 Å². The second-order valence-corrected chi connectivity index (χ2v) is 6.24. The lowest BCUT2D eigenvalue weighted by molar-refractivity contribution is 0.0696. The van der Waals surface area contributed by atoms with Gasteiger partial charge in [0.05, 0.1) is 10.0 Å². The third-order valence-electron chi connectivity index (χ3n) is 2.17. The van der Waals surface area contributed by atoms with E-state index in [0.717, 1.165) is 13.8 Å². The number of hydrogen-bond donors (Lipinski definition) is 1. The monoisotopic (exact) mass is 390 g/mol. The Morgan fingerprint density at radius 3 is 2.72 bits per heavy atom. The van der Waals surface area contributed by atoms with E-state index in [0.29, 0.717) is 12.4 Å². The van der Waals surface area contributed by atoms with Gasteiger partial charge in [-0.25, -0.2) is 4.79 Å². The molecule has 6 heteroatoms. The van der Waals surface area contributed by atoms with Crippen molar-refractivity contribution in [3.05, 3.63) is 49.0 Å². The number of carboxylic acids is 1. The zero-order valence-electron chi connectivity index (χ0n) is 9.02. The average molecular weight is 392 g/mol. The van der Waals surface area contributed by atoms with E-state index in [2.05, 4.69) is 31.9 Å². The molecule has 18 heavy (non-hydrogen) atoms. The Morgan fingerprint density at radius 2 is 2.11 bits per heavy atom. The molecule has 0 amide bonds. The molecule has 0 aliphatic carbocycles. The Balaban J connectivity index is 2.13. The van der Waals surface area contributed by atoms with Crippen molar-refractivity contribution in [3.63, 3.8) is 0 Å². The van der Waals surface area contributed by atoms with E-state index < -0.39 is 5.97 Å². The highest BCUT2D eigenvalue weighted by molar-refractivity contribution is 9.10. The van der Waals surface area contributed by atoms with Crippen LogP contribution in [0.2, 0.25) is 0 Å². The van der Waals surface area contributed by atoms with Crippen molar-refractivity contribution in [2.45, 2.75) is 6.61 Å². The van der Waals surface area contributed by atoms with E-state index in [-0.39, 0.29) is 5.56 Å². The summed E-state index contributed by atoms with van der Waals surface area (Å²) in [5, 5.41) is 10.9. The van der Waals surface area contributed by atoms with E-state index >= 15 is 0 Å². The first-order chi connectivity index (χ1) is 8.56. The van der Waals surface area contributed by atoms with Gasteiger partial charge < -0.3 is 9.84 Å². The van der Waals surface area contributed by atoms with Gasteiger partial charge in [-0.05, 0) is 56.1 Å². The predicted molar refractivity (Wildman–Crippen MR) is 77.5 cm³/mol. The summed E-state index contributed by atoms with van der Waals surface area (Å²) in [6.07, 6.45) is 0. The quantitative estimate of drug-likeness (QED) is 0.831. The molecule has 2 aromatic rings. The number of halogens is 2. The highest BCUT2D eigenvalue weighted by atomic mass is 79.9. The highest BCUT2D eigenvalue weighted by Gasteiger charge is 2.08. The number of carbonyl (C=O) groups is 1. The Labute approximate surface area is 125 Å². The largest absolute Gasteiger partial charge is 0.487 e. The van der Waals surface area contributed by atoms with E-state index in [1.807, 2.05) is 11.4 Å². The maximum absolute atomic E-state index is 10.9. The summed E-state index contributed by atoms with van der Waals surface area (Å²) in [7, 11) is 0.